The van der Waals surface area contributed by atoms with Crippen molar-refractivity contribution in [3.63, 3.8) is 0 Å². The minimum Gasteiger partial charge on any atom is -0.383 e. The van der Waals surface area contributed by atoms with E-state index < -0.39 is 0 Å². The van der Waals surface area contributed by atoms with Gasteiger partial charge in [0.15, 0.2) is 0 Å². The van der Waals surface area contributed by atoms with Gasteiger partial charge in [-0.2, -0.15) is 5.10 Å². The van der Waals surface area contributed by atoms with Gasteiger partial charge in [0.05, 0.1) is 17.8 Å². The van der Waals surface area contributed by atoms with Crippen molar-refractivity contribution in [1.82, 2.24) is 20.5 Å². The second-order valence-electron chi connectivity index (χ2n) is 3.66. The molecule has 2 rings (SSSR count). The first-order valence-corrected chi connectivity index (χ1v) is 5.18. The molecule has 0 aliphatic carbocycles. The molecule has 4 N–H and O–H groups in total. The molecule has 6 heteroatoms. The summed E-state index contributed by atoms with van der Waals surface area (Å²) < 4.78 is 0. The van der Waals surface area contributed by atoms with Crippen LogP contribution in [0.25, 0.3) is 0 Å². The molecule has 2 aromatic heterocycles. The number of nitrogens with zero attached hydrogens (tertiary/aromatic N) is 2. The fourth-order valence-corrected chi connectivity index (χ4v) is 1.46. The minimum absolute atomic E-state index is 0.138. The molecule has 0 spiro atoms. The standard InChI is InChI=1S/C11H13N5O/c1-7(8-5-14-15-6-8)16-11(17)9-3-2-4-13-10(9)12/h2-7H,1H3,(H2,12,13)(H,14,15)(H,16,17). The van der Waals surface area contributed by atoms with Gasteiger partial charge >= 0.3 is 0 Å². The molecule has 0 radical (unpaired) electrons. The Bertz CT molecular complexity index is 508. The lowest BCUT2D eigenvalue weighted by Gasteiger charge is -2.12. The number of rotatable bonds is 3. The molecule has 0 aromatic carbocycles. The third kappa shape index (κ3) is 2.41. The van der Waals surface area contributed by atoms with Gasteiger partial charge in [0, 0.05) is 18.0 Å². The van der Waals surface area contributed by atoms with Crippen LogP contribution in [0, 0.1) is 0 Å². The molecule has 1 atom stereocenters. The summed E-state index contributed by atoms with van der Waals surface area (Å²) in [6, 6.07) is 3.17. The SMILES string of the molecule is CC(NC(=O)c1cccnc1N)c1cn[nH]c1. The summed E-state index contributed by atoms with van der Waals surface area (Å²) in [6.45, 7) is 1.87. The zero-order chi connectivity index (χ0) is 12.3. The summed E-state index contributed by atoms with van der Waals surface area (Å²) in [6.07, 6.45) is 4.95. The predicted molar refractivity (Wildman–Crippen MR) is 63.1 cm³/mol. The zero-order valence-electron chi connectivity index (χ0n) is 9.34. The number of nitrogen functional groups attached to an aromatic ring is 1. The fraction of sp³-hybridized carbons (Fsp3) is 0.182. The second kappa shape index (κ2) is 4.65. The van der Waals surface area contributed by atoms with Crippen LogP contribution in [0.4, 0.5) is 5.82 Å². The third-order valence-corrected chi connectivity index (χ3v) is 2.45. The van der Waals surface area contributed by atoms with Gasteiger partial charge in [-0.1, -0.05) is 0 Å². The van der Waals surface area contributed by atoms with Gasteiger partial charge in [0.25, 0.3) is 5.91 Å². The van der Waals surface area contributed by atoms with E-state index in [-0.39, 0.29) is 17.8 Å². The maximum atomic E-state index is 11.9. The first-order valence-electron chi connectivity index (χ1n) is 5.18. The van der Waals surface area contributed by atoms with E-state index in [0.717, 1.165) is 5.56 Å². The summed E-state index contributed by atoms with van der Waals surface area (Å²) in [4.78, 5) is 15.8. The van der Waals surface area contributed by atoms with Crippen molar-refractivity contribution in [3.05, 3.63) is 41.9 Å². The fourth-order valence-electron chi connectivity index (χ4n) is 1.46. The van der Waals surface area contributed by atoms with Crippen LogP contribution >= 0.6 is 0 Å². The molecular formula is C11H13N5O. The van der Waals surface area contributed by atoms with Crippen LogP contribution in [0.3, 0.4) is 0 Å². The molecule has 1 amide bonds. The quantitative estimate of drug-likeness (QED) is 0.730. The molecule has 0 saturated carbocycles. The van der Waals surface area contributed by atoms with E-state index in [2.05, 4.69) is 20.5 Å². The Morgan fingerprint density at radius 1 is 1.59 bits per heavy atom. The topological polar surface area (TPSA) is 96.7 Å². The third-order valence-electron chi connectivity index (χ3n) is 2.45. The molecule has 2 heterocycles. The lowest BCUT2D eigenvalue weighted by molar-refractivity contribution is 0.0940. The van der Waals surface area contributed by atoms with Gasteiger partial charge in [-0.15, -0.1) is 0 Å². The smallest absolute Gasteiger partial charge is 0.255 e. The molecule has 0 fully saturated rings. The Hall–Kier alpha value is -2.37. The van der Waals surface area contributed by atoms with Gasteiger partial charge in [0.2, 0.25) is 0 Å². The van der Waals surface area contributed by atoms with Gasteiger partial charge in [-0.3, -0.25) is 9.89 Å². The van der Waals surface area contributed by atoms with Crippen LogP contribution < -0.4 is 11.1 Å². The summed E-state index contributed by atoms with van der Waals surface area (Å²) in [5.74, 6) is -0.0197. The lowest BCUT2D eigenvalue weighted by atomic mass is 10.1. The Balaban J connectivity index is 2.10. The number of hydrogen-bond donors (Lipinski definition) is 3. The van der Waals surface area contributed by atoms with Crippen LogP contribution in [-0.4, -0.2) is 21.1 Å². The van der Waals surface area contributed by atoms with E-state index in [1.165, 1.54) is 0 Å². The average molecular weight is 231 g/mol. The van der Waals surface area contributed by atoms with Crippen LogP contribution in [0.2, 0.25) is 0 Å². The monoisotopic (exact) mass is 231 g/mol. The lowest BCUT2D eigenvalue weighted by Crippen LogP contribution is -2.27. The summed E-state index contributed by atoms with van der Waals surface area (Å²) in [5.41, 5.74) is 6.91. The van der Waals surface area contributed by atoms with Crippen molar-refractivity contribution >= 4 is 11.7 Å². The number of aromatic amines is 1. The summed E-state index contributed by atoms with van der Waals surface area (Å²) >= 11 is 0. The number of nitrogens with two attached hydrogens (primary N) is 1. The second-order valence-corrected chi connectivity index (χ2v) is 3.66. The van der Waals surface area contributed by atoms with E-state index in [0.29, 0.717) is 5.56 Å². The highest BCUT2D eigenvalue weighted by atomic mass is 16.1. The average Bonchev–Trinajstić information content (AvgIpc) is 2.82. The minimum atomic E-state index is -0.246. The Morgan fingerprint density at radius 2 is 2.41 bits per heavy atom. The first-order chi connectivity index (χ1) is 8.18. The van der Waals surface area contributed by atoms with Crippen LogP contribution in [0.1, 0.15) is 28.9 Å². The highest BCUT2D eigenvalue weighted by Crippen LogP contribution is 2.12. The number of amides is 1. The zero-order valence-corrected chi connectivity index (χ0v) is 9.34. The number of aromatic nitrogens is 3. The molecule has 17 heavy (non-hydrogen) atoms. The largest absolute Gasteiger partial charge is 0.383 e. The normalized spacial score (nSPS) is 12.1. The van der Waals surface area contributed by atoms with Crippen molar-refractivity contribution in [2.24, 2.45) is 0 Å². The van der Waals surface area contributed by atoms with Crippen LogP contribution in [-0.2, 0) is 0 Å². The van der Waals surface area contributed by atoms with Crippen molar-refractivity contribution in [1.29, 1.82) is 0 Å². The molecule has 6 nitrogen and oxygen atoms in total. The molecule has 2 aromatic rings. The van der Waals surface area contributed by atoms with Crippen molar-refractivity contribution in [2.75, 3.05) is 5.73 Å². The van der Waals surface area contributed by atoms with Crippen LogP contribution in [0.5, 0.6) is 0 Å². The molecule has 0 aliphatic rings. The number of hydrogen-bond acceptors (Lipinski definition) is 4. The van der Waals surface area contributed by atoms with E-state index >= 15 is 0 Å². The van der Waals surface area contributed by atoms with Crippen molar-refractivity contribution < 1.29 is 4.79 Å². The van der Waals surface area contributed by atoms with Gasteiger partial charge in [0.1, 0.15) is 5.82 Å². The highest BCUT2D eigenvalue weighted by molar-refractivity contribution is 5.98. The van der Waals surface area contributed by atoms with E-state index in [4.69, 9.17) is 5.73 Å². The molecule has 0 saturated heterocycles. The summed E-state index contributed by atoms with van der Waals surface area (Å²) in [7, 11) is 0. The van der Waals surface area contributed by atoms with Gasteiger partial charge in [-0.05, 0) is 19.1 Å². The Kier molecular flexibility index (Phi) is 3.04. The van der Waals surface area contributed by atoms with Crippen molar-refractivity contribution in [2.45, 2.75) is 13.0 Å². The number of H-pyrrole nitrogens is 1. The number of carbonyl (C=O) groups excluding carboxylic acids is 1. The highest BCUT2D eigenvalue weighted by Gasteiger charge is 2.14. The van der Waals surface area contributed by atoms with E-state index in [1.807, 2.05) is 6.92 Å². The molecule has 88 valence electrons. The predicted octanol–water partition coefficient (Wildman–Crippen LogP) is 0.878. The van der Waals surface area contributed by atoms with E-state index in [1.54, 1.807) is 30.7 Å². The molecule has 0 aliphatic heterocycles. The summed E-state index contributed by atoms with van der Waals surface area (Å²) in [5, 5.41) is 9.34. The maximum absolute atomic E-state index is 11.9. The molecular weight excluding hydrogens is 218 g/mol. The molecule has 0 bridgehead atoms. The number of carbonyl (C=O) groups is 1. The number of pyridine rings is 1. The van der Waals surface area contributed by atoms with Crippen molar-refractivity contribution in [3.8, 4) is 0 Å². The number of anilines is 1. The van der Waals surface area contributed by atoms with E-state index in [9.17, 15) is 4.79 Å². The van der Waals surface area contributed by atoms with Gasteiger partial charge < -0.3 is 11.1 Å². The number of nitrogens with one attached hydrogen (secondary N) is 2. The Morgan fingerprint density at radius 3 is 3.06 bits per heavy atom. The first kappa shape index (κ1) is 11.1. The van der Waals surface area contributed by atoms with Gasteiger partial charge in [-0.25, -0.2) is 4.98 Å². The Labute approximate surface area is 98.3 Å². The molecule has 1 unspecified atom stereocenters. The van der Waals surface area contributed by atoms with Crippen LogP contribution in [0.15, 0.2) is 30.7 Å². The maximum Gasteiger partial charge on any atom is 0.255 e.